The van der Waals surface area contributed by atoms with Crippen LogP contribution in [-0.4, -0.2) is 5.78 Å². The molecule has 29 heavy (non-hydrogen) atoms. The van der Waals surface area contributed by atoms with E-state index in [-0.39, 0.29) is 11.8 Å². The summed E-state index contributed by atoms with van der Waals surface area (Å²) in [5.41, 5.74) is 4.82. The lowest BCUT2D eigenvalue weighted by Crippen LogP contribution is -2.32. The standard InChI is InChI=1S/C24H21ClN2O2/c25-17-8-2-1-7-16(17)15-27-20-11-4-3-9-18(20)26-19-10-5-12-21(28)23(19)24(27)22-13-6-14-29-22/h1-4,6-9,11,13-14,24,26H,5,10,12,15H2/t24-/m1/s1. The third kappa shape index (κ3) is 3.23. The van der Waals surface area contributed by atoms with Gasteiger partial charge in [0.15, 0.2) is 5.78 Å². The molecule has 2 heterocycles. The molecule has 5 heteroatoms. The minimum absolute atomic E-state index is 0.178. The van der Waals surface area contributed by atoms with E-state index < -0.39 is 0 Å². The average molecular weight is 405 g/mol. The largest absolute Gasteiger partial charge is 0.467 e. The molecule has 0 saturated heterocycles. The summed E-state index contributed by atoms with van der Waals surface area (Å²) in [6.45, 7) is 0.563. The van der Waals surface area contributed by atoms with Crippen LogP contribution in [0.3, 0.4) is 0 Å². The second kappa shape index (κ2) is 7.45. The lowest BCUT2D eigenvalue weighted by molar-refractivity contribution is -0.116. The lowest BCUT2D eigenvalue weighted by atomic mass is 9.88. The Morgan fingerprint density at radius 1 is 1.03 bits per heavy atom. The number of carbonyl (C=O) groups excluding carboxylic acids is 1. The molecule has 1 N–H and O–H groups in total. The Labute approximate surface area is 174 Å². The molecule has 1 aliphatic heterocycles. The SMILES string of the molecule is O=C1CCCC2=C1[C@@H](c1ccco1)N(Cc1ccccc1Cl)c1ccccc1N2. The number of nitrogens with one attached hydrogen (secondary N) is 1. The van der Waals surface area contributed by atoms with Gasteiger partial charge in [0.05, 0.1) is 17.6 Å². The highest BCUT2D eigenvalue weighted by atomic mass is 35.5. The fourth-order valence-corrected chi connectivity index (χ4v) is 4.52. The maximum atomic E-state index is 13.1. The monoisotopic (exact) mass is 404 g/mol. The van der Waals surface area contributed by atoms with Crippen LogP contribution in [0.25, 0.3) is 0 Å². The van der Waals surface area contributed by atoms with Crippen molar-refractivity contribution in [2.45, 2.75) is 31.8 Å². The molecule has 0 bridgehead atoms. The number of hydrogen-bond acceptors (Lipinski definition) is 4. The molecule has 0 fully saturated rings. The van der Waals surface area contributed by atoms with E-state index in [1.807, 2.05) is 48.5 Å². The molecule has 2 aromatic carbocycles. The second-order valence-corrected chi connectivity index (χ2v) is 7.86. The zero-order valence-corrected chi connectivity index (χ0v) is 16.7. The number of carbonyl (C=O) groups is 1. The third-order valence-electron chi connectivity index (χ3n) is 5.65. The molecule has 0 amide bonds. The molecule has 1 aromatic heterocycles. The zero-order valence-electron chi connectivity index (χ0n) is 15.9. The number of allylic oxidation sites excluding steroid dienone is 1. The maximum Gasteiger partial charge on any atom is 0.163 e. The van der Waals surface area contributed by atoms with Crippen LogP contribution in [0.1, 0.15) is 36.6 Å². The van der Waals surface area contributed by atoms with Crippen LogP contribution in [-0.2, 0) is 11.3 Å². The Hall–Kier alpha value is -2.98. The first-order chi connectivity index (χ1) is 14.2. The number of ketones is 1. The van der Waals surface area contributed by atoms with Gasteiger partial charge in [-0.25, -0.2) is 0 Å². The molecule has 5 rings (SSSR count). The van der Waals surface area contributed by atoms with Crippen molar-refractivity contribution in [3.63, 3.8) is 0 Å². The smallest absolute Gasteiger partial charge is 0.163 e. The molecule has 0 radical (unpaired) electrons. The van der Waals surface area contributed by atoms with Crippen LogP contribution >= 0.6 is 11.6 Å². The summed E-state index contributed by atoms with van der Waals surface area (Å²) >= 11 is 6.51. The van der Waals surface area contributed by atoms with E-state index in [0.717, 1.165) is 46.8 Å². The van der Waals surface area contributed by atoms with Crippen molar-refractivity contribution in [3.8, 4) is 0 Å². The van der Waals surface area contributed by atoms with Gasteiger partial charge < -0.3 is 14.6 Å². The van der Waals surface area contributed by atoms with Crippen molar-refractivity contribution in [2.24, 2.45) is 0 Å². The predicted octanol–water partition coefficient (Wildman–Crippen LogP) is 6.11. The van der Waals surface area contributed by atoms with Crippen LogP contribution in [0.4, 0.5) is 11.4 Å². The number of nitrogens with zero attached hydrogens (tertiary/aromatic N) is 1. The molecule has 146 valence electrons. The number of fused-ring (bicyclic) bond motifs is 1. The Morgan fingerprint density at radius 3 is 2.69 bits per heavy atom. The number of rotatable bonds is 3. The molecule has 2 aliphatic rings. The summed E-state index contributed by atoms with van der Waals surface area (Å²) in [6, 6.07) is 19.5. The van der Waals surface area contributed by atoms with Crippen molar-refractivity contribution in [2.75, 3.05) is 10.2 Å². The fraction of sp³-hybridized carbons (Fsp3) is 0.208. The number of furan rings is 1. The van der Waals surface area contributed by atoms with Gasteiger partial charge >= 0.3 is 0 Å². The number of halogens is 1. The van der Waals surface area contributed by atoms with E-state index in [1.165, 1.54) is 0 Å². The van der Waals surface area contributed by atoms with Crippen LogP contribution in [0.15, 0.2) is 82.6 Å². The fourth-order valence-electron chi connectivity index (χ4n) is 4.33. The topological polar surface area (TPSA) is 45.5 Å². The number of anilines is 2. The van der Waals surface area contributed by atoms with Crippen LogP contribution < -0.4 is 10.2 Å². The first-order valence-electron chi connectivity index (χ1n) is 9.88. The normalized spacial score (nSPS) is 18.7. The first kappa shape index (κ1) is 18.1. The van der Waals surface area contributed by atoms with E-state index >= 15 is 0 Å². The van der Waals surface area contributed by atoms with E-state index in [2.05, 4.69) is 22.3 Å². The highest BCUT2D eigenvalue weighted by Crippen LogP contribution is 2.45. The lowest BCUT2D eigenvalue weighted by Gasteiger charge is -2.34. The van der Waals surface area contributed by atoms with Crippen LogP contribution in [0, 0.1) is 0 Å². The number of benzene rings is 2. The highest BCUT2D eigenvalue weighted by molar-refractivity contribution is 6.31. The predicted molar refractivity (Wildman–Crippen MR) is 115 cm³/mol. The molecule has 3 aromatic rings. The number of hydrogen-bond donors (Lipinski definition) is 1. The van der Waals surface area contributed by atoms with Crippen LogP contribution in [0.2, 0.25) is 5.02 Å². The van der Waals surface area contributed by atoms with Crippen molar-refractivity contribution < 1.29 is 9.21 Å². The van der Waals surface area contributed by atoms with E-state index in [1.54, 1.807) is 6.26 Å². The van der Waals surface area contributed by atoms with Crippen molar-refractivity contribution in [1.82, 2.24) is 0 Å². The Balaban J connectivity index is 1.73. The van der Waals surface area contributed by atoms with E-state index in [0.29, 0.717) is 18.0 Å². The summed E-state index contributed by atoms with van der Waals surface area (Å²) in [6.07, 6.45) is 3.95. The van der Waals surface area contributed by atoms with Gasteiger partial charge in [0.2, 0.25) is 0 Å². The Morgan fingerprint density at radius 2 is 1.86 bits per heavy atom. The number of Topliss-reactive ketones (excluding diaryl/α,β-unsaturated/α-hetero) is 1. The third-order valence-corrected chi connectivity index (χ3v) is 6.02. The van der Waals surface area contributed by atoms with Crippen molar-refractivity contribution >= 4 is 28.8 Å². The quantitative estimate of drug-likeness (QED) is 0.571. The second-order valence-electron chi connectivity index (χ2n) is 7.45. The van der Waals surface area contributed by atoms with Gasteiger partial charge in [0, 0.05) is 29.3 Å². The summed E-state index contributed by atoms with van der Waals surface area (Å²) in [5.74, 6) is 0.940. The van der Waals surface area contributed by atoms with E-state index in [9.17, 15) is 4.79 Å². The Kier molecular flexibility index (Phi) is 4.64. The molecular formula is C24H21ClN2O2. The minimum Gasteiger partial charge on any atom is -0.467 e. The molecule has 4 nitrogen and oxygen atoms in total. The van der Waals surface area contributed by atoms with Gasteiger partial charge in [-0.15, -0.1) is 0 Å². The maximum absolute atomic E-state index is 13.1. The summed E-state index contributed by atoms with van der Waals surface area (Å²) in [4.78, 5) is 15.3. The molecule has 0 saturated carbocycles. The molecule has 1 atom stereocenters. The van der Waals surface area contributed by atoms with E-state index in [4.69, 9.17) is 16.0 Å². The van der Waals surface area contributed by atoms with Crippen LogP contribution in [0.5, 0.6) is 0 Å². The molecule has 0 spiro atoms. The van der Waals surface area contributed by atoms with Crippen molar-refractivity contribution in [3.05, 3.63) is 94.5 Å². The summed E-state index contributed by atoms with van der Waals surface area (Å²) < 4.78 is 5.85. The zero-order chi connectivity index (χ0) is 19.8. The average Bonchev–Trinajstić information content (AvgIpc) is 3.21. The van der Waals surface area contributed by atoms with Gasteiger partial charge in [0.1, 0.15) is 11.8 Å². The minimum atomic E-state index is -0.305. The van der Waals surface area contributed by atoms with Gasteiger partial charge in [-0.3, -0.25) is 4.79 Å². The van der Waals surface area contributed by atoms with Gasteiger partial charge in [-0.1, -0.05) is 41.9 Å². The van der Waals surface area contributed by atoms with Gasteiger partial charge in [-0.2, -0.15) is 0 Å². The van der Waals surface area contributed by atoms with Crippen molar-refractivity contribution in [1.29, 1.82) is 0 Å². The highest BCUT2D eigenvalue weighted by Gasteiger charge is 2.38. The summed E-state index contributed by atoms with van der Waals surface area (Å²) in [5, 5.41) is 4.27. The molecule has 1 aliphatic carbocycles. The Bertz CT molecular complexity index is 1090. The molecular weight excluding hydrogens is 384 g/mol. The van der Waals surface area contributed by atoms with Gasteiger partial charge in [0.25, 0.3) is 0 Å². The first-order valence-corrected chi connectivity index (χ1v) is 10.3. The summed E-state index contributed by atoms with van der Waals surface area (Å²) in [7, 11) is 0. The van der Waals surface area contributed by atoms with Gasteiger partial charge in [-0.05, 0) is 48.7 Å². The molecule has 0 unspecified atom stereocenters. The number of para-hydroxylation sites is 2.